The van der Waals surface area contributed by atoms with Gasteiger partial charge in [0.1, 0.15) is 5.69 Å². The average Bonchev–Trinajstić information content (AvgIpc) is 2.79. The summed E-state index contributed by atoms with van der Waals surface area (Å²) in [7, 11) is 0. The van der Waals surface area contributed by atoms with Crippen LogP contribution in [0.3, 0.4) is 0 Å². The number of benzene rings is 2. The van der Waals surface area contributed by atoms with Gasteiger partial charge in [-0.15, -0.1) is 0 Å². The minimum Gasteiger partial charge on any atom is -0.382 e. The Morgan fingerprint density at radius 2 is 1.71 bits per heavy atom. The summed E-state index contributed by atoms with van der Waals surface area (Å²) in [5.41, 5.74) is 0.579. The summed E-state index contributed by atoms with van der Waals surface area (Å²) in [5, 5.41) is 9.85. The molecule has 3 aromatic rings. The van der Waals surface area contributed by atoms with E-state index >= 15 is 0 Å². The molecule has 1 aromatic heterocycles. The molecule has 0 spiro atoms. The first-order chi connectivity index (χ1) is 16.6. The highest BCUT2D eigenvalue weighted by molar-refractivity contribution is 6.31. The number of aromatic nitrogens is 1. The predicted molar refractivity (Wildman–Crippen MR) is 130 cm³/mol. The fraction of sp³-hybridized carbons (Fsp3) is 0.320. The largest absolute Gasteiger partial charge is 0.433 e. The Kier molecular flexibility index (Phi) is 7.16. The zero-order chi connectivity index (χ0) is 25.2. The van der Waals surface area contributed by atoms with E-state index in [1.807, 2.05) is 0 Å². The molecule has 0 aliphatic heterocycles. The minimum absolute atomic E-state index is 0.0562. The first kappa shape index (κ1) is 24.8. The first-order valence-electron chi connectivity index (χ1n) is 11.2. The Morgan fingerprint density at radius 3 is 2.40 bits per heavy atom. The number of amides is 2. The van der Waals surface area contributed by atoms with E-state index in [2.05, 4.69) is 20.9 Å². The minimum atomic E-state index is -4.57. The van der Waals surface area contributed by atoms with Crippen molar-refractivity contribution >= 4 is 45.7 Å². The van der Waals surface area contributed by atoms with Gasteiger partial charge in [-0.05, 0) is 68.1 Å². The lowest BCUT2D eigenvalue weighted by atomic mass is 9.90. The van der Waals surface area contributed by atoms with E-state index in [0.717, 1.165) is 6.07 Å². The number of carbonyl (C=O) groups excluding carboxylic acids is 2. The van der Waals surface area contributed by atoms with Gasteiger partial charge in [0, 0.05) is 46.4 Å². The number of rotatable bonds is 5. The molecule has 1 aliphatic carbocycles. The van der Waals surface area contributed by atoms with E-state index in [-0.39, 0.29) is 29.4 Å². The topological polar surface area (TPSA) is 83.1 Å². The van der Waals surface area contributed by atoms with Crippen molar-refractivity contribution in [3.8, 4) is 0 Å². The van der Waals surface area contributed by atoms with Crippen molar-refractivity contribution in [3.63, 3.8) is 0 Å². The average molecular weight is 505 g/mol. The monoisotopic (exact) mass is 504 g/mol. The van der Waals surface area contributed by atoms with Crippen molar-refractivity contribution < 1.29 is 22.8 Å². The van der Waals surface area contributed by atoms with Crippen LogP contribution in [0.25, 0.3) is 10.9 Å². The van der Waals surface area contributed by atoms with Crippen LogP contribution in [0.5, 0.6) is 0 Å². The molecule has 0 atom stereocenters. The molecule has 184 valence electrons. The number of carbonyl (C=O) groups is 2. The van der Waals surface area contributed by atoms with Gasteiger partial charge in [0.15, 0.2) is 0 Å². The van der Waals surface area contributed by atoms with Crippen LogP contribution < -0.4 is 16.0 Å². The van der Waals surface area contributed by atoms with Crippen LogP contribution in [0.4, 0.5) is 24.5 Å². The van der Waals surface area contributed by atoms with Crippen molar-refractivity contribution in [1.29, 1.82) is 0 Å². The lowest BCUT2D eigenvalue weighted by Crippen LogP contribution is -2.40. The quantitative estimate of drug-likeness (QED) is 0.397. The molecule has 1 aliphatic rings. The lowest BCUT2D eigenvalue weighted by Gasteiger charge is -2.31. The molecule has 6 nitrogen and oxygen atoms in total. The predicted octanol–water partition coefficient (Wildman–Crippen LogP) is 6.02. The van der Waals surface area contributed by atoms with Gasteiger partial charge in [-0.1, -0.05) is 17.7 Å². The molecule has 2 amide bonds. The second kappa shape index (κ2) is 10.1. The molecule has 3 N–H and O–H groups in total. The van der Waals surface area contributed by atoms with Crippen molar-refractivity contribution in [2.75, 3.05) is 10.6 Å². The second-order valence-corrected chi connectivity index (χ2v) is 9.08. The van der Waals surface area contributed by atoms with Crippen molar-refractivity contribution in [1.82, 2.24) is 10.3 Å². The summed E-state index contributed by atoms with van der Waals surface area (Å²) in [5.74, 6) is -0.460. The van der Waals surface area contributed by atoms with Crippen molar-refractivity contribution in [3.05, 3.63) is 64.8 Å². The Balaban J connectivity index is 1.41. The summed E-state index contributed by atoms with van der Waals surface area (Å²) in [4.78, 5) is 27.7. The normalized spacial score (nSPS) is 18.2. The highest BCUT2D eigenvalue weighted by Gasteiger charge is 2.34. The third kappa shape index (κ3) is 6.22. The maximum absolute atomic E-state index is 13.4. The fourth-order valence-electron chi connectivity index (χ4n) is 4.27. The summed E-state index contributed by atoms with van der Waals surface area (Å²) in [6, 6.07) is 12.2. The van der Waals surface area contributed by atoms with Gasteiger partial charge >= 0.3 is 6.18 Å². The van der Waals surface area contributed by atoms with Crippen LogP contribution in [-0.2, 0) is 11.0 Å². The number of hydrogen-bond acceptors (Lipinski definition) is 4. The van der Waals surface area contributed by atoms with Gasteiger partial charge < -0.3 is 16.0 Å². The van der Waals surface area contributed by atoms with Crippen molar-refractivity contribution in [2.24, 2.45) is 0 Å². The van der Waals surface area contributed by atoms with E-state index < -0.39 is 11.9 Å². The van der Waals surface area contributed by atoms with Crippen LogP contribution >= 0.6 is 11.6 Å². The summed E-state index contributed by atoms with van der Waals surface area (Å²) in [6.07, 6.45) is -1.88. The smallest absolute Gasteiger partial charge is 0.382 e. The summed E-state index contributed by atoms with van der Waals surface area (Å²) in [6.45, 7) is 1.40. The molecule has 4 rings (SSSR count). The molecule has 1 fully saturated rings. The molecule has 1 heterocycles. The molecule has 2 aromatic carbocycles. The van der Waals surface area contributed by atoms with Crippen LogP contribution in [-0.4, -0.2) is 28.9 Å². The first-order valence-corrected chi connectivity index (χ1v) is 11.6. The van der Waals surface area contributed by atoms with Gasteiger partial charge in [0.05, 0.1) is 5.52 Å². The van der Waals surface area contributed by atoms with Crippen LogP contribution in [0.1, 0.15) is 48.7 Å². The van der Waals surface area contributed by atoms with Crippen molar-refractivity contribution in [2.45, 2.75) is 50.9 Å². The van der Waals surface area contributed by atoms with Crippen LogP contribution in [0.15, 0.2) is 48.5 Å². The molecular formula is C25H24ClF3N4O2. The Bertz CT molecular complexity index is 1260. The summed E-state index contributed by atoms with van der Waals surface area (Å²) < 4.78 is 40.1. The third-order valence-electron chi connectivity index (χ3n) is 5.93. The second-order valence-electron chi connectivity index (χ2n) is 8.64. The van der Waals surface area contributed by atoms with E-state index in [9.17, 15) is 22.8 Å². The molecule has 0 radical (unpaired) electrons. The number of nitrogens with zero attached hydrogens (tertiary/aromatic N) is 1. The number of halogens is 4. The molecule has 10 heteroatoms. The fourth-order valence-corrected chi connectivity index (χ4v) is 4.45. The van der Waals surface area contributed by atoms with Gasteiger partial charge in [0.25, 0.3) is 5.91 Å². The van der Waals surface area contributed by atoms with E-state index in [4.69, 9.17) is 11.6 Å². The molecule has 1 saturated carbocycles. The standard InChI is InChI=1S/C25H24ClF3N4O2/c1-14(34)30-19-4-2-3-15(11-19)24(35)32-18-8-6-17(7-9-18)31-22-13-23(25(27,28)29)33-21-10-5-16(26)12-20(21)22/h2-5,10-13,17-18H,6-9H2,1H3,(H,30,34)(H,31,33)(H,32,35). The zero-order valence-electron chi connectivity index (χ0n) is 18.9. The Labute approximate surface area is 205 Å². The maximum atomic E-state index is 13.4. The number of pyridine rings is 1. The summed E-state index contributed by atoms with van der Waals surface area (Å²) >= 11 is 6.08. The number of hydrogen-bond donors (Lipinski definition) is 3. The molecule has 0 bridgehead atoms. The number of nitrogens with one attached hydrogen (secondary N) is 3. The lowest BCUT2D eigenvalue weighted by molar-refractivity contribution is -0.140. The SMILES string of the molecule is CC(=O)Nc1cccc(C(=O)NC2CCC(Nc3cc(C(F)(F)F)nc4ccc(Cl)cc34)CC2)c1. The van der Waals surface area contributed by atoms with E-state index in [1.165, 1.54) is 19.1 Å². The van der Waals surface area contributed by atoms with E-state index in [0.29, 0.717) is 53.0 Å². The van der Waals surface area contributed by atoms with Gasteiger partial charge in [-0.25, -0.2) is 4.98 Å². The molecule has 0 saturated heterocycles. The molecule has 0 unspecified atom stereocenters. The Morgan fingerprint density at radius 1 is 1.00 bits per heavy atom. The van der Waals surface area contributed by atoms with Gasteiger partial charge in [-0.3, -0.25) is 9.59 Å². The number of fused-ring (bicyclic) bond motifs is 1. The van der Waals surface area contributed by atoms with Gasteiger partial charge in [0.2, 0.25) is 5.91 Å². The number of anilines is 2. The molecular weight excluding hydrogens is 481 g/mol. The van der Waals surface area contributed by atoms with E-state index in [1.54, 1.807) is 30.3 Å². The molecule has 35 heavy (non-hydrogen) atoms. The van der Waals surface area contributed by atoms with Crippen LogP contribution in [0, 0.1) is 0 Å². The number of alkyl halides is 3. The maximum Gasteiger partial charge on any atom is 0.433 e. The third-order valence-corrected chi connectivity index (χ3v) is 6.16. The highest BCUT2D eigenvalue weighted by atomic mass is 35.5. The zero-order valence-corrected chi connectivity index (χ0v) is 19.6. The highest BCUT2D eigenvalue weighted by Crippen LogP contribution is 2.35. The van der Waals surface area contributed by atoms with Gasteiger partial charge in [-0.2, -0.15) is 13.2 Å². The Hall–Kier alpha value is -3.33. The van der Waals surface area contributed by atoms with Crippen LogP contribution in [0.2, 0.25) is 5.02 Å².